The third kappa shape index (κ3) is 3.06. The van der Waals surface area contributed by atoms with Crippen molar-refractivity contribution >= 4 is 0 Å². The van der Waals surface area contributed by atoms with Gasteiger partial charge in [-0.25, -0.2) is 0 Å². The van der Waals surface area contributed by atoms with E-state index in [0.717, 1.165) is 18.9 Å². The second-order valence-electron chi connectivity index (χ2n) is 6.41. The van der Waals surface area contributed by atoms with E-state index < -0.39 is 0 Å². The van der Waals surface area contributed by atoms with Gasteiger partial charge in [-0.05, 0) is 64.0 Å². The predicted octanol–water partition coefficient (Wildman–Crippen LogP) is 2.39. The van der Waals surface area contributed by atoms with Crippen LogP contribution in [-0.2, 0) is 4.74 Å². The van der Waals surface area contributed by atoms with Gasteiger partial charge in [0.15, 0.2) is 0 Å². The van der Waals surface area contributed by atoms with E-state index in [1.807, 2.05) is 7.11 Å². The van der Waals surface area contributed by atoms with Crippen molar-refractivity contribution in [3.8, 4) is 0 Å². The van der Waals surface area contributed by atoms with Crippen molar-refractivity contribution in [1.29, 1.82) is 0 Å². The summed E-state index contributed by atoms with van der Waals surface area (Å²) in [6.07, 6.45) is 9.34. The molecule has 1 heterocycles. The molecule has 0 aromatic carbocycles. The number of methoxy groups -OCH3 is 1. The molecule has 0 radical (unpaired) electrons. The minimum Gasteiger partial charge on any atom is -0.381 e. The highest BCUT2D eigenvalue weighted by molar-refractivity contribution is 4.97. The number of nitrogens with two attached hydrogens (primary N) is 1. The quantitative estimate of drug-likeness (QED) is 0.840. The molecule has 2 rings (SSSR count). The molecule has 2 N–H and O–H groups in total. The maximum atomic E-state index is 6.17. The minimum atomic E-state index is 0.225. The van der Waals surface area contributed by atoms with E-state index in [2.05, 4.69) is 11.8 Å². The first-order valence-corrected chi connectivity index (χ1v) is 7.68. The highest BCUT2D eigenvalue weighted by Crippen LogP contribution is 2.36. The van der Waals surface area contributed by atoms with Crippen molar-refractivity contribution in [2.45, 2.75) is 63.5 Å². The van der Waals surface area contributed by atoms with Crippen LogP contribution in [-0.4, -0.2) is 43.3 Å². The third-order valence-electron chi connectivity index (χ3n) is 5.18. The molecule has 1 aliphatic heterocycles. The van der Waals surface area contributed by atoms with E-state index in [4.69, 9.17) is 10.5 Å². The molecule has 0 aromatic heterocycles. The van der Waals surface area contributed by atoms with Gasteiger partial charge in [-0.1, -0.05) is 6.92 Å². The van der Waals surface area contributed by atoms with Crippen LogP contribution in [0.1, 0.15) is 51.9 Å². The van der Waals surface area contributed by atoms with E-state index >= 15 is 0 Å². The van der Waals surface area contributed by atoms with Gasteiger partial charge in [0.2, 0.25) is 0 Å². The SMILES string of the molecule is COC1CCCC(CN)(N2CCCC(C)CC2)C1. The summed E-state index contributed by atoms with van der Waals surface area (Å²) in [5.74, 6) is 0.881. The van der Waals surface area contributed by atoms with Crippen molar-refractivity contribution in [3.05, 3.63) is 0 Å². The van der Waals surface area contributed by atoms with Crippen molar-refractivity contribution in [3.63, 3.8) is 0 Å². The maximum Gasteiger partial charge on any atom is 0.0589 e. The van der Waals surface area contributed by atoms with Crippen LogP contribution >= 0.6 is 0 Å². The first kappa shape index (κ1) is 14.3. The van der Waals surface area contributed by atoms with Gasteiger partial charge >= 0.3 is 0 Å². The Kier molecular flexibility index (Phi) is 5.05. The molecule has 1 aliphatic carbocycles. The summed E-state index contributed by atoms with van der Waals surface area (Å²) in [5, 5.41) is 0. The smallest absolute Gasteiger partial charge is 0.0589 e. The summed E-state index contributed by atoms with van der Waals surface area (Å²) in [7, 11) is 1.85. The van der Waals surface area contributed by atoms with Gasteiger partial charge in [-0.2, -0.15) is 0 Å². The van der Waals surface area contributed by atoms with Gasteiger partial charge in [-0.15, -0.1) is 0 Å². The largest absolute Gasteiger partial charge is 0.381 e. The monoisotopic (exact) mass is 254 g/mol. The summed E-state index contributed by atoms with van der Waals surface area (Å²) in [6, 6.07) is 0. The fourth-order valence-electron chi connectivity index (χ4n) is 3.83. The lowest BCUT2D eigenvalue weighted by atomic mass is 9.78. The number of hydrogen-bond donors (Lipinski definition) is 1. The van der Waals surface area contributed by atoms with Gasteiger partial charge < -0.3 is 10.5 Å². The summed E-state index contributed by atoms with van der Waals surface area (Å²) in [5.41, 5.74) is 6.40. The molecule has 3 heteroatoms. The van der Waals surface area contributed by atoms with Gasteiger partial charge in [0.05, 0.1) is 6.10 Å². The van der Waals surface area contributed by atoms with E-state index in [0.29, 0.717) is 6.10 Å². The van der Waals surface area contributed by atoms with Crippen LogP contribution in [0.2, 0.25) is 0 Å². The molecular formula is C15H30N2O. The van der Waals surface area contributed by atoms with Gasteiger partial charge in [0.1, 0.15) is 0 Å². The molecule has 1 saturated heterocycles. The molecule has 2 aliphatic rings. The number of rotatable bonds is 3. The molecule has 1 saturated carbocycles. The molecule has 0 bridgehead atoms. The highest BCUT2D eigenvalue weighted by Gasteiger charge is 2.40. The zero-order valence-electron chi connectivity index (χ0n) is 12.2. The van der Waals surface area contributed by atoms with Gasteiger partial charge in [-0.3, -0.25) is 4.90 Å². The molecule has 18 heavy (non-hydrogen) atoms. The molecule has 3 nitrogen and oxygen atoms in total. The average molecular weight is 254 g/mol. The van der Waals surface area contributed by atoms with E-state index in [9.17, 15) is 0 Å². The Labute approximate surface area is 112 Å². The third-order valence-corrected chi connectivity index (χ3v) is 5.18. The van der Waals surface area contributed by atoms with Crippen LogP contribution < -0.4 is 5.73 Å². The Morgan fingerprint density at radius 1 is 1.22 bits per heavy atom. The second-order valence-corrected chi connectivity index (χ2v) is 6.41. The summed E-state index contributed by atoms with van der Waals surface area (Å²) < 4.78 is 5.61. The molecule has 3 atom stereocenters. The topological polar surface area (TPSA) is 38.5 Å². The molecule has 106 valence electrons. The van der Waals surface area contributed by atoms with Crippen molar-refractivity contribution in [2.75, 3.05) is 26.7 Å². The second kappa shape index (κ2) is 6.36. The van der Waals surface area contributed by atoms with Gasteiger partial charge in [0.25, 0.3) is 0 Å². The average Bonchev–Trinajstić information content (AvgIpc) is 2.64. The number of ether oxygens (including phenoxy) is 1. The maximum absolute atomic E-state index is 6.17. The van der Waals surface area contributed by atoms with Crippen molar-refractivity contribution < 1.29 is 4.74 Å². The first-order chi connectivity index (χ1) is 8.70. The predicted molar refractivity (Wildman–Crippen MR) is 75.6 cm³/mol. The van der Waals surface area contributed by atoms with Gasteiger partial charge in [0, 0.05) is 19.2 Å². The number of likely N-dealkylation sites (tertiary alicyclic amines) is 1. The van der Waals surface area contributed by atoms with Crippen molar-refractivity contribution in [2.24, 2.45) is 11.7 Å². The summed E-state index contributed by atoms with van der Waals surface area (Å²) in [4.78, 5) is 2.70. The summed E-state index contributed by atoms with van der Waals surface area (Å²) >= 11 is 0. The first-order valence-electron chi connectivity index (χ1n) is 7.68. The van der Waals surface area contributed by atoms with Crippen LogP contribution in [0.15, 0.2) is 0 Å². The molecule has 0 amide bonds. The summed E-state index contributed by atoms with van der Waals surface area (Å²) in [6.45, 7) is 5.64. The number of nitrogens with zero attached hydrogens (tertiary/aromatic N) is 1. The van der Waals surface area contributed by atoms with Crippen LogP contribution in [0.4, 0.5) is 0 Å². The zero-order chi connectivity index (χ0) is 13.0. The standard InChI is InChI=1S/C15H30N2O/c1-13-5-4-9-17(10-7-13)15(12-16)8-3-6-14(11-15)18-2/h13-14H,3-12,16H2,1-2H3. The molecule has 3 unspecified atom stereocenters. The normalized spacial score (nSPS) is 39.5. The lowest BCUT2D eigenvalue weighted by molar-refractivity contribution is -0.0211. The lowest BCUT2D eigenvalue weighted by Gasteiger charge is -2.47. The Hall–Kier alpha value is -0.120. The Morgan fingerprint density at radius 2 is 2.06 bits per heavy atom. The van der Waals surface area contributed by atoms with Crippen LogP contribution in [0.3, 0.4) is 0 Å². The minimum absolute atomic E-state index is 0.225. The fourth-order valence-corrected chi connectivity index (χ4v) is 3.83. The molecule has 0 aromatic rings. The number of hydrogen-bond acceptors (Lipinski definition) is 3. The molecule has 2 fully saturated rings. The fraction of sp³-hybridized carbons (Fsp3) is 1.00. The van der Waals surface area contributed by atoms with Crippen LogP contribution in [0.5, 0.6) is 0 Å². The molecule has 0 spiro atoms. The zero-order valence-corrected chi connectivity index (χ0v) is 12.2. The molecular weight excluding hydrogens is 224 g/mol. The lowest BCUT2D eigenvalue weighted by Crippen LogP contribution is -2.57. The van der Waals surface area contributed by atoms with E-state index in [1.165, 1.54) is 51.6 Å². The highest BCUT2D eigenvalue weighted by atomic mass is 16.5. The van der Waals surface area contributed by atoms with E-state index in [-0.39, 0.29) is 5.54 Å². The Balaban J connectivity index is 2.05. The van der Waals surface area contributed by atoms with Crippen molar-refractivity contribution in [1.82, 2.24) is 4.90 Å². The Bertz CT molecular complexity index is 259. The van der Waals surface area contributed by atoms with E-state index in [1.54, 1.807) is 0 Å². The Morgan fingerprint density at radius 3 is 2.78 bits per heavy atom. The van der Waals surface area contributed by atoms with Crippen LogP contribution in [0.25, 0.3) is 0 Å². The van der Waals surface area contributed by atoms with Crippen LogP contribution in [0, 0.1) is 5.92 Å².